The van der Waals surface area contributed by atoms with Crippen LogP contribution in [0.1, 0.15) is 89.2 Å². The van der Waals surface area contributed by atoms with E-state index in [4.69, 9.17) is 15.2 Å². The molecule has 1 aliphatic heterocycles. The number of rotatable bonds is 7. The van der Waals surface area contributed by atoms with Crippen LogP contribution in [0, 0.1) is 0 Å². The number of thioether (sulfide) groups is 1. The normalized spacial score (nSPS) is 15.6. The van der Waals surface area contributed by atoms with E-state index in [2.05, 4.69) is 27.7 Å². The largest absolute Gasteiger partial charge is 0.464 e. The number of nitrogens with two attached hydrogens (primary N) is 1. The molecule has 39 heavy (non-hydrogen) atoms. The van der Waals surface area contributed by atoms with Crippen LogP contribution >= 0.6 is 11.8 Å². The first-order valence-electron chi connectivity index (χ1n) is 13.0. The van der Waals surface area contributed by atoms with E-state index in [-0.39, 0.29) is 34.1 Å². The highest BCUT2D eigenvalue weighted by atomic mass is 32.2. The van der Waals surface area contributed by atoms with Crippen molar-refractivity contribution in [3.63, 3.8) is 0 Å². The minimum absolute atomic E-state index is 0.0661. The van der Waals surface area contributed by atoms with Gasteiger partial charge in [0.25, 0.3) is 0 Å². The molecule has 1 aromatic heterocycles. The Bertz CT molecular complexity index is 1530. The monoisotopic (exact) mass is 546 g/mol. The van der Waals surface area contributed by atoms with Gasteiger partial charge in [-0.2, -0.15) is 0 Å². The number of carbonyl (C=O) groups is 3. The molecule has 8 heteroatoms. The maximum absolute atomic E-state index is 14.0. The van der Waals surface area contributed by atoms with Crippen molar-refractivity contribution < 1.29 is 23.9 Å². The lowest BCUT2D eigenvalue weighted by Crippen LogP contribution is -2.42. The summed E-state index contributed by atoms with van der Waals surface area (Å²) in [6.07, 6.45) is 1.78. The van der Waals surface area contributed by atoms with Crippen LogP contribution < -0.4 is 16.3 Å². The molecule has 0 saturated carbocycles. The van der Waals surface area contributed by atoms with Crippen LogP contribution in [-0.2, 0) is 14.3 Å². The molecule has 0 amide bonds. The summed E-state index contributed by atoms with van der Waals surface area (Å²) in [5, 5.41) is -0.152. The summed E-state index contributed by atoms with van der Waals surface area (Å²) in [6.45, 7) is 10.3. The minimum Gasteiger partial charge on any atom is -0.464 e. The zero-order chi connectivity index (χ0) is 28.4. The molecule has 7 nitrogen and oxygen atoms in total. The van der Waals surface area contributed by atoms with Gasteiger partial charge in [-0.15, -0.1) is 0 Å². The Labute approximate surface area is 232 Å². The maximum atomic E-state index is 14.0. The van der Waals surface area contributed by atoms with Crippen LogP contribution in [-0.4, -0.2) is 36.1 Å². The van der Waals surface area contributed by atoms with Crippen molar-refractivity contribution >= 4 is 46.3 Å². The number of carbonyl (C=O) groups excluding carboxylic acids is 3. The highest BCUT2D eigenvalue weighted by Gasteiger charge is 2.38. The molecule has 4 rings (SSSR count). The van der Waals surface area contributed by atoms with Gasteiger partial charge in [-0.25, -0.2) is 9.59 Å². The molecule has 0 bridgehead atoms. The summed E-state index contributed by atoms with van der Waals surface area (Å²) >= 11 is 1.11. The number of hydrogen-bond acceptors (Lipinski definition) is 7. The number of ether oxygens (including phenoxy) is 2. The Morgan fingerprint density at radius 3 is 2.05 bits per heavy atom. The van der Waals surface area contributed by atoms with Gasteiger partial charge in [0.2, 0.25) is 5.91 Å². The zero-order valence-electron chi connectivity index (χ0n) is 23.1. The van der Waals surface area contributed by atoms with Crippen LogP contribution in [0.5, 0.6) is 0 Å². The number of hydrogen-bond donors (Lipinski definition) is 1. The number of esters is 2. The van der Waals surface area contributed by atoms with Crippen molar-refractivity contribution in [2.75, 3.05) is 19.5 Å². The zero-order valence-corrected chi connectivity index (χ0v) is 23.9. The van der Waals surface area contributed by atoms with Crippen LogP contribution in [0.15, 0.2) is 48.5 Å². The second kappa shape index (κ2) is 11.5. The molecule has 2 aromatic carbocycles. The number of methoxy groups -OCH3 is 1. The Balaban J connectivity index is 2.02. The molecule has 0 spiro atoms. The van der Waals surface area contributed by atoms with Crippen LogP contribution in [0.25, 0.3) is 11.0 Å². The van der Waals surface area contributed by atoms with Crippen molar-refractivity contribution in [3.8, 4) is 0 Å². The molecular formula is C31H34N2O5S. The second-order valence-corrected chi connectivity index (χ2v) is 11.1. The quantitative estimate of drug-likeness (QED) is 0.428. The lowest BCUT2D eigenvalue weighted by atomic mass is 10.0. The van der Waals surface area contributed by atoms with Gasteiger partial charge in [-0.3, -0.25) is 9.36 Å². The predicted octanol–water partition coefficient (Wildman–Crippen LogP) is 4.73. The summed E-state index contributed by atoms with van der Waals surface area (Å²) in [7, 11) is 1.23. The summed E-state index contributed by atoms with van der Waals surface area (Å²) in [5.74, 6) is -1.05. The highest BCUT2D eigenvalue weighted by molar-refractivity contribution is 8.10. The third-order valence-corrected chi connectivity index (χ3v) is 8.11. The van der Waals surface area contributed by atoms with Gasteiger partial charge in [-0.1, -0.05) is 88.0 Å². The van der Waals surface area contributed by atoms with Crippen molar-refractivity contribution in [1.29, 1.82) is 0 Å². The standard InChI is InChI=1S/C31H34N2O5S/c1-7-38-31(36)28-25-23(16-19-8-10-20(11-9-19)17(2)3)24(32)26(30(35)37-6)33(25)29(34)27(39-28)22-14-12-21(13-15-22)18(4)5/h8-18,27H,7,32H2,1-6H3/b23-16+/t27-/m0/s1. The maximum Gasteiger partial charge on any atom is 0.357 e. The van der Waals surface area contributed by atoms with Gasteiger partial charge in [0.05, 0.1) is 24.8 Å². The fourth-order valence-corrected chi connectivity index (χ4v) is 5.79. The number of nitrogen functional groups attached to an aromatic ring is 1. The first-order chi connectivity index (χ1) is 18.6. The Kier molecular flexibility index (Phi) is 8.35. The third kappa shape index (κ3) is 5.39. The molecule has 2 heterocycles. The fourth-order valence-electron chi connectivity index (χ4n) is 4.59. The van der Waals surface area contributed by atoms with E-state index in [0.717, 1.165) is 22.9 Å². The number of anilines is 1. The predicted molar refractivity (Wildman–Crippen MR) is 155 cm³/mol. The lowest BCUT2D eigenvalue weighted by molar-refractivity contribution is -0.135. The fraction of sp³-hybridized carbons (Fsp3) is 0.323. The smallest absolute Gasteiger partial charge is 0.357 e. The molecule has 0 unspecified atom stereocenters. The molecule has 3 aromatic rings. The number of fused-ring (bicyclic) bond motifs is 1. The van der Waals surface area contributed by atoms with Gasteiger partial charge in [0.1, 0.15) is 10.2 Å². The summed E-state index contributed by atoms with van der Waals surface area (Å²) < 4.78 is 11.7. The second-order valence-electron chi connectivity index (χ2n) is 10.0. The van der Waals surface area contributed by atoms with E-state index in [9.17, 15) is 14.4 Å². The van der Waals surface area contributed by atoms with E-state index in [1.54, 1.807) is 13.0 Å². The van der Waals surface area contributed by atoms with Crippen molar-refractivity contribution in [2.45, 2.75) is 51.7 Å². The molecule has 0 fully saturated rings. The molecule has 2 N–H and O–H groups in total. The number of aromatic nitrogens is 1. The molecule has 0 aliphatic carbocycles. The Morgan fingerprint density at radius 2 is 1.54 bits per heavy atom. The average molecular weight is 547 g/mol. The molecule has 0 radical (unpaired) electrons. The molecular weight excluding hydrogens is 512 g/mol. The topological polar surface area (TPSA) is 101 Å². The van der Waals surface area contributed by atoms with E-state index in [1.807, 2.05) is 48.5 Å². The van der Waals surface area contributed by atoms with Crippen LogP contribution in [0.4, 0.5) is 5.69 Å². The van der Waals surface area contributed by atoms with E-state index >= 15 is 0 Å². The number of nitrogens with zero attached hydrogens (tertiary/aromatic N) is 1. The molecule has 1 aliphatic rings. The van der Waals surface area contributed by atoms with E-state index in [1.165, 1.54) is 17.2 Å². The summed E-state index contributed by atoms with van der Waals surface area (Å²) in [5.41, 5.74) is 10.3. The third-order valence-electron chi connectivity index (χ3n) is 6.80. The van der Waals surface area contributed by atoms with Crippen LogP contribution in [0.3, 0.4) is 0 Å². The van der Waals surface area contributed by atoms with Crippen molar-refractivity contribution in [1.82, 2.24) is 4.57 Å². The first kappa shape index (κ1) is 28.2. The van der Waals surface area contributed by atoms with Crippen molar-refractivity contribution in [2.24, 2.45) is 0 Å². The van der Waals surface area contributed by atoms with Gasteiger partial charge in [-0.05, 0) is 47.1 Å². The lowest BCUT2D eigenvalue weighted by Gasteiger charge is -2.23. The van der Waals surface area contributed by atoms with E-state index in [0.29, 0.717) is 22.6 Å². The average Bonchev–Trinajstić information content (AvgIpc) is 3.21. The first-order valence-corrected chi connectivity index (χ1v) is 13.9. The molecule has 204 valence electrons. The SMILES string of the molecule is CCOC(=O)C1=c2/c(=C/c3ccc(C(C)C)cc3)c(N)c(C(=O)OC)n2C(=O)[C@H](c2ccc(C(C)C)cc2)S1. The Morgan fingerprint density at radius 1 is 0.974 bits per heavy atom. The number of benzene rings is 2. The van der Waals surface area contributed by atoms with Gasteiger partial charge in [0, 0.05) is 5.22 Å². The highest BCUT2D eigenvalue weighted by Crippen LogP contribution is 2.40. The van der Waals surface area contributed by atoms with Crippen molar-refractivity contribution in [3.05, 3.63) is 87.0 Å². The molecule has 1 atom stereocenters. The van der Waals surface area contributed by atoms with Crippen LogP contribution in [0.2, 0.25) is 0 Å². The summed E-state index contributed by atoms with van der Waals surface area (Å²) in [4.78, 5) is 40.5. The van der Waals surface area contributed by atoms with Gasteiger partial charge in [0.15, 0.2) is 5.69 Å². The van der Waals surface area contributed by atoms with Gasteiger partial charge >= 0.3 is 11.9 Å². The molecule has 0 saturated heterocycles. The van der Waals surface area contributed by atoms with E-state index < -0.39 is 17.2 Å². The summed E-state index contributed by atoms with van der Waals surface area (Å²) in [6, 6.07) is 15.6. The Hall–Kier alpha value is -3.78. The van der Waals surface area contributed by atoms with Gasteiger partial charge < -0.3 is 15.2 Å². The minimum atomic E-state index is -0.786.